The van der Waals surface area contributed by atoms with Gasteiger partial charge in [-0.1, -0.05) is 42.5 Å². The highest BCUT2D eigenvalue weighted by Gasteiger charge is 2.45. The lowest BCUT2D eigenvalue weighted by molar-refractivity contribution is -0.139. The SMILES string of the molecule is CN(C)CCCN1C(=O)C(=O)C(=C(O)c2ccccc2)[C@@H]1c1ccc(N(C)C)cc1. The number of aliphatic hydroxyl groups excluding tert-OH is 1. The number of hydrogen-bond donors (Lipinski definition) is 1. The maximum atomic E-state index is 13.0. The number of amides is 1. The van der Waals surface area contributed by atoms with Gasteiger partial charge in [-0.3, -0.25) is 9.59 Å². The Labute approximate surface area is 178 Å². The summed E-state index contributed by atoms with van der Waals surface area (Å²) in [6.45, 7) is 1.24. The van der Waals surface area contributed by atoms with E-state index in [1.54, 1.807) is 29.2 Å². The summed E-state index contributed by atoms with van der Waals surface area (Å²) in [5, 5.41) is 11.0. The van der Waals surface area contributed by atoms with Crippen LogP contribution in [0.5, 0.6) is 0 Å². The van der Waals surface area contributed by atoms with Crippen molar-refractivity contribution in [2.75, 3.05) is 46.2 Å². The van der Waals surface area contributed by atoms with Crippen LogP contribution in [0.2, 0.25) is 0 Å². The molecule has 0 spiro atoms. The van der Waals surface area contributed by atoms with Gasteiger partial charge in [0.1, 0.15) is 5.76 Å². The molecule has 6 nitrogen and oxygen atoms in total. The van der Waals surface area contributed by atoms with E-state index in [2.05, 4.69) is 0 Å². The normalized spacial score (nSPS) is 18.3. The second-order valence-electron chi connectivity index (χ2n) is 8.00. The Balaban J connectivity index is 2.07. The summed E-state index contributed by atoms with van der Waals surface area (Å²) in [5.41, 5.74) is 2.50. The van der Waals surface area contributed by atoms with Crippen molar-refractivity contribution in [3.05, 3.63) is 71.3 Å². The number of carbonyl (C=O) groups excluding carboxylic acids is 2. The van der Waals surface area contributed by atoms with Crippen LogP contribution in [-0.2, 0) is 9.59 Å². The zero-order valence-corrected chi connectivity index (χ0v) is 18.0. The molecule has 3 rings (SSSR count). The molecular weight excluding hydrogens is 378 g/mol. The molecule has 0 radical (unpaired) electrons. The van der Waals surface area contributed by atoms with Crippen molar-refractivity contribution in [3.63, 3.8) is 0 Å². The number of aliphatic hydroxyl groups is 1. The molecule has 1 fully saturated rings. The maximum Gasteiger partial charge on any atom is 0.295 e. The first-order valence-electron chi connectivity index (χ1n) is 10.1. The molecule has 1 heterocycles. The minimum Gasteiger partial charge on any atom is -0.507 e. The van der Waals surface area contributed by atoms with Crippen LogP contribution in [0, 0.1) is 0 Å². The van der Waals surface area contributed by atoms with Crippen LogP contribution < -0.4 is 4.90 Å². The van der Waals surface area contributed by atoms with Gasteiger partial charge in [-0.2, -0.15) is 0 Å². The van der Waals surface area contributed by atoms with E-state index in [1.165, 1.54) is 0 Å². The molecular formula is C24H29N3O3. The predicted octanol–water partition coefficient (Wildman–Crippen LogP) is 3.13. The quantitative estimate of drug-likeness (QED) is 0.434. The van der Waals surface area contributed by atoms with Crippen LogP contribution in [0.3, 0.4) is 0 Å². The van der Waals surface area contributed by atoms with Gasteiger partial charge in [-0.25, -0.2) is 0 Å². The number of benzene rings is 2. The molecule has 0 bridgehead atoms. The van der Waals surface area contributed by atoms with Crippen molar-refractivity contribution in [1.82, 2.24) is 9.80 Å². The Morgan fingerprint density at radius 2 is 1.60 bits per heavy atom. The fourth-order valence-corrected chi connectivity index (χ4v) is 3.72. The Bertz CT molecular complexity index is 934. The molecule has 0 unspecified atom stereocenters. The van der Waals surface area contributed by atoms with Gasteiger partial charge in [-0.15, -0.1) is 0 Å². The number of likely N-dealkylation sites (tertiary alicyclic amines) is 1. The molecule has 0 aromatic heterocycles. The Hall–Kier alpha value is -3.12. The highest BCUT2D eigenvalue weighted by atomic mass is 16.3. The summed E-state index contributed by atoms with van der Waals surface area (Å²) in [6.07, 6.45) is 0.734. The van der Waals surface area contributed by atoms with Gasteiger partial charge in [0.2, 0.25) is 0 Å². The van der Waals surface area contributed by atoms with Gasteiger partial charge in [0.05, 0.1) is 11.6 Å². The summed E-state index contributed by atoms with van der Waals surface area (Å²) in [4.78, 5) is 31.5. The summed E-state index contributed by atoms with van der Waals surface area (Å²) in [6, 6.07) is 16.0. The third-order valence-corrected chi connectivity index (χ3v) is 5.32. The molecule has 1 aliphatic rings. The molecule has 1 atom stereocenters. The largest absolute Gasteiger partial charge is 0.507 e. The number of Topliss-reactive ketones (excluding diaryl/α,β-unsaturated/α-hetero) is 1. The van der Waals surface area contributed by atoms with Gasteiger partial charge in [0, 0.05) is 31.9 Å². The molecule has 1 aliphatic heterocycles. The number of hydrogen-bond acceptors (Lipinski definition) is 5. The zero-order chi connectivity index (χ0) is 21.8. The second kappa shape index (κ2) is 9.13. The van der Waals surface area contributed by atoms with E-state index in [0.29, 0.717) is 12.1 Å². The predicted molar refractivity (Wildman–Crippen MR) is 119 cm³/mol. The molecule has 2 aromatic rings. The summed E-state index contributed by atoms with van der Waals surface area (Å²) < 4.78 is 0. The molecule has 158 valence electrons. The molecule has 1 amide bonds. The van der Waals surface area contributed by atoms with E-state index in [0.717, 1.165) is 24.2 Å². The van der Waals surface area contributed by atoms with Gasteiger partial charge in [0.15, 0.2) is 0 Å². The van der Waals surface area contributed by atoms with E-state index in [4.69, 9.17) is 0 Å². The average molecular weight is 408 g/mol. The smallest absolute Gasteiger partial charge is 0.295 e. The topological polar surface area (TPSA) is 64.1 Å². The number of carbonyl (C=O) groups is 2. The minimum atomic E-state index is -0.636. The van der Waals surface area contributed by atoms with Crippen molar-refractivity contribution >= 4 is 23.1 Å². The van der Waals surface area contributed by atoms with E-state index >= 15 is 0 Å². The van der Waals surface area contributed by atoms with E-state index < -0.39 is 17.7 Å². The molecule has 1 N–H and O–H groups in total. The first-order chi connectivity index (χ1) is 14.3. The summed E-state index contributed by atoms with van der Waals surface area (Å²) >= 11 is 0. The van der Waals surface area contributed by atoms with Gasteiger partial charge in [-0.05, 0) is 44.8 Å². The van der Waals surface area contributed by atoms with Crippen LogP contribution >= 0.6 is 0 Å². The fraction of sp³-hybridized carbons (Fsp3) is 0.333. The standard InChI is InChI=1S/C24H29N3O3/c1-25(2)15-8-16-27-21(17-11-13-19(14-12-17)26(3)4)20(23(29)24(27)30)22(28)18-9-6-5-7-10-18/h5-7,9-14,21,28H,8,15-16H2,1-4H3/t21-/m0/s1. The van der Waals surface area contributed by atoms with Gasteiger partial charge < -0.3 is 19.8 Å². The average Bonchev–Trinajstić information content (AvgIpc) is 2.98. The molecule has 2 aromatic carbocycles. The van der Waals surface area contributed by atoms with Crippen LogP contribution in [-0.4, -0.2) is 67.9 Å². The highest BCUT2D eigenvalue weighted by molar-refractivity contribution is 6.46. The van der Waals surface area contributed by atoms with Crippen LogP contribution in [0.1, 0.15) is 23.6 Å². The van der Waals surface area contributed by atoms with Crippen molar-refractivity contribution in [2.24, 2.45) is 0 Å². The van der Waals surface area contributed by atoms with E-state index in [-0.39, 0.29) is 11.3 Å². The van der Waals surface area contributed by atoms with Crippen LogP contribution in [0.25, 0.3) is 5.76 Å². The van der Waals surface area contributed by atoms with Gasteiger partial charge >= 0.3 is 0 Å². The van der Waals surface area contributed by atoms with Crippen LogP contribution in [0.15, 0.2) is 60.2 Å². The van der Waals surface area contributed by atoms with E-state index in [1.807, 2.05) is 68.3 Å². The molecule has 1 saturated heterocycles. The Morgan fingerprint density at radius 3 is 2.17 bits per heavy atom. The first-order valence-corrected chi connectivity index (χ1v) is 10.1. The van der Waals surface area contributed by atoms with Crippen molar-refractivity contribution < 1.29 is 14.7 Å². The van der Waals surface area contributed by atoms with Gasteiger partial charge in [0.25, 0.3) is 11.7 Å². The molecule has 6 heteroatoms. The lowest BCUT2D eigenvalue weighted by Crippen LogP contribution is -2.32. The lowest BCUT2D eigenvalue weighted by atomic mass is 9.95. The Kier molecular flexibility index (Phi) is 6.57. The number of nitrogens with zero attached hydrogens (tertiary/aromatic N) is 3. The number of ketones is 1. The monoisotopic (exact) mass is 407 g/mol. The van der Waals surface area contributed by atoms with Crippen LogP contribution in [0.4, 0.5) is 5.69 Å². The van der Waals surface area contributed by atoms with Crippen molar-refractivity contribution in [1.29, 1.82) is 0 Å². The highest BCUT2D eigenvalue weighted by Crippen LogP contribution is 2.39. The third kappa shape index (κ3) is 4.39. The molecule has 0 aliphatic carbocycles. The number of rotatable bonds is 7. The zero-order valence-electron chi connectivity index (χ0n) is 18.0. The second-order valence-corrected chi connectivity index (χ2v) is 8.00. The Morgan fingerprint density at radius 1 is 0.967 bits per heavy atom. The maximum absolute atomic E-state index is 13.0. The minimum absolute atomic E-state index is 0.134. The van der Waals surface area contributed by atoms with Crippen molar-refractivity contribution in [2.45, 2.75) is 12.5 Å². The molecule has 0 saturated carbocycles. The summed E-state index contributed by atoms with van der Waals surface area (Å²) in [7, 11) is 7.86. The fourth-order valence-electron chi connectivity index (χ4n) is 3.72. The first kappa shape index (κ1) is 21.6. The lowest BCUT2D eigenvalue weighted by Gasteiger charge is -2.26. The van der Waals surface area contributed by atoms with E-state index in [9.17, 15) is 14.7 Å². The summed E-state index contributed by atoms with van der Waals surface area (Å²) in [5.74, 6) is -1.33. The molecule has 30 heavy (non-hydrogen) atoms. The van der Waals surface area contributed by atoms with Crippen molar-refractivity contribution in [3.8, 4) is 0 Å². The third-order valence-electron chi connectivity index (χ3n) is 5.32. The number of anilines is 1.